The Morgan fingerprint density at radius 2 is 2.03 bits per heavy atom. The molecule has 0 aliphatic heterocycles. The van der Waals surface area contributed by atoms with Crippen LogP contribution in [0.4, 0.5) is 13.2 Å². The van der Waals surface area contributed by atoms with Gasteiger partial charge in [0.25, 0.3) is 0 Å². The van der Waals surface area contributed by atoms with Crippen LogP contribution >= 0.6 is 0 Å². The first-order chi connectivity index (χ1) is 17.6. The average Bonchev–Trinajstić information content (AvgIpc) is 3.52. The van der Waals surface area contributed by atoms with Crippen molar-refractivity contribution < 1.29 is 32.5 Å². The smallest absolute Gasteiger partial charge is 0.433 e. The summed E-state index contributed by atoms with van der Waals surface area (Å²) in [6, 6.07) is 0.321. The summed E-state index contributed by atoms with van der Waals surface area (Å²) in [6.07, 6.45) is 0.902. The minimum atomic E-state index is -4.62. The van der Waals surface area contributed by atoms with Crippen molar-refractivity contribution in [2.45, 2.75) is 51.5 Å². The molecule has 2 aliphatic carbocycles. The Hall–Kier alpha value is -3.84. The van der Waals surface area contributed by atoms with Crippen molar-refractivity contribution in [2.75, 3.05) is 0 Å². The fourth-order valence-electron chi connectivity index (χ4n) is 5.22. The number of aromatic nitrogens is 7. The van der Waals surface area contributed by atoms with Crippen LogP contribution in [-0.2, 0) is 24.6 Å². The van der Waals surface area contributed by atoms with E-state index in [9.17, 15) is 23.1 Å². The van der Waals surface area contributed by atoms with Crippen LogP contribution in [0.25, 0.3) is 11.5 Å². The van der Waals surface area contributed by atoms with Crippen molar-refractivity contribution in [2.24, 2.45) is 24.8 Å². The molecule has 5 rings (SSSR count). The van der Waals surface area contributed by atoms with Gasteiger partial charge < -0.3 is 14.6 Å². The highest BCUT2D eigenvalue weighted by molar-refractivity contribution is 5.71. The molecule has 3 aromatic heterocycles. The number of aliphatic carboxylic acids is 1. The van der Waals surface area contributed by atoms with Gasteiger partial charge in [-0.05, 0) is 50.5 Å². The molecule has 0 spiro atoms. The molecule has 0 amide bonds. The highest BCUT2D eigenvalue weighted by Crippen LogP contribution is 2.48. The SMILES string of the molecule is Cc1nc(-c2nnn(C)c2COc2nccc(C(F)(F)F)n2)ncc1OC1CC2CCC(C(=O)O)C2C1. The Labute approximate surface area is 209 Å². The van der Waals surface area contributed by atoms with Crippen LogP contribution < -0.4 is 9.47 Å². The molecule has 4 unspecified atom stereocenters. The van der Waals surface area contributed by atoms with Crippen molar-refractivity contribution in [1.29, 1.82) is 0 Å². The first-order valence-corrected chi connectivity index (χ1v) is 11.7. The molecular weight excluding hydrogens is 495 g/mol. The lowest BCUT2D eigenvalue weighted by Crippen LogP contribution is -2.21. The zero-order valence-corrected chi connectivity index (χ0v) is 20.0. The zero-order chi connectivity index (χ0) is 26.3. The number of nitrogens with zero attached hydrogens (tertiary/aromatic N) is 7. The minimum Gasteiger partial charge on any atom is -0.487 e. The van der Waals surface area contributed by atoms with E-state index in [4.69, 9.17) is 9.47 Å². The van der Waals surface area contributed by atoms with Gasteiger partial charge in [0.2, 0.25) is 0 Å². The predicted octanol–water partition coefficient (Wildman–Crippen LogP) is 3.24. The number of fused-ring (bicyclic) bond motifs is 1. The summed E-state index contributed by atoms with van der Waals surface area (Å²) in [7, 11) is 1.61. The molecule has 2 aliphatic rings. The molecule has 0 aromatic carbocycles. The topological polar surface area (TPSA) is 138 Å². The van der Waals surface area contributed by atoms with Crippen molar-refractivity contribution in [1.82, 2.24) is 34.9 Å². The highest BCUT2D eigenvalue weighted by atomic mass is 19.4. The minimum absolute atomic E-state index is 0.0989. The number of carbonyl (C=O) groups is 1. The molecule has 3 heterocycles. The van der Waals surface area contributed by atoms with Crippen LogP contribution in [0, 0.1) is 24.7 Å². The molecule has 2 saturated carbocycles. The lowest BCUT2D eigenvalue weighted by molar-refractivity contribution is -0.143. The number of hydrogen-bond acceptors (Lipinski definition) is 9. The molecule has 196 valence electrons. The number of hydrogen-bond donors (Lipinski definition) is 1. The molecule has 14 heteroatoms. The van der Waals surface area contributed by atoms with Crippen LogP contribution in [0.2, 0.25) is 0 Å². The molecule has 11 nitrogen and oxygen atoms in total. The molecule has 1 N–H and O–H groups in total. The third-order valence-electron chi connectivity index (χ3n) is 7.03. The fraction of sp³-hybridized carbons (Fsp3) is 0.522. The summed E-state index contributed by atoms with van der Waals surface area (Å²) >= 11 is 0. The van der Waals surface area contributed by atoms with Crippen LogP contribution in [0.15, 0.2) is 18.5 Å². The molecule has 37 heavy (non-hydrogen) atoms. The molecule has 0 bridgehead atoms. The maximum absolute atomic E-state index is 12.9. The second-order valence-corrected chi connectivity index (χ2v) is 9.32. The lowest BCUT2D eigenvalue weighted by atomic mass is 9.92. The summed E-state index contributed by atoms with van der Waals surface area (Å²) in [4.78, 5) is 27.5. The molecule has 3 aromatic rings. The van der Waals surface area contributed by atoms with Gasteiger partial charge in [0, 0.05) is 13.2 Å². The van der Waals surface area contributed by atoms with Gasteiger partial charge >= 0.3 is 18.2 Å². The van der Waals surface area contributed by atoms with Gasteiger partial charge in [-0.2, -0.15) is 18.2 Å². The Morgan fingerprint density at radius 1 is 1.22 bits per heavy atom. The normalized spacial score (nSPS) is 23.2. The van der Waals surface area contributed by atoms with Crippen LogP contribution in [0.1, 0.15) is 42.8 Å². The summed E-state index contributed by atoms with van der Waals surface area (Å²) in [5.41, 5.74) is 0.164. The third kappa shape index (κ3) is 5.04. The number of alkyl halides is 3. The second kappa shape index (κ2) is 9.56. The number of halogens is 3. The molecule has 0 radical (unpaired) electrons. The van der Waals surface area contributed by atoms with Crippen LogP contribution in [-0.4, -0.2) is 52.1 Å². The number of carboxylic acids is 1. The summed E-state index contributed by atoms with van der Waals surface area (Å²) in [6.45, 7) is 1.55. The fourth-order valence-corrected chi connectivity index (χ4v) is 5.22. The Kier molecular flexibility index (Phi) is 6.42. The summed E-state index contributed by atoms with van der Waals surface area (Å²) in [5.74, 6) is 0.188. The summed E-state index contributed by atoms with van der Waals surface area (Å²) in [5, 5.41) is 17.5. The number of ether oxygens (including phenoxy) is 2. The van der Waals surface area contributed by atoms with Gasteiger partial charge in [-0.1, -0.05) is 5.21 Å². The van der Waals surface area contributed by atoms with Gasteiger partial charge in [-0.15, -0.1) is 5.10 Å². The van der Waals surface area contributed by atoms with Crippen molar-refractivity contribution >= 4 is 5.97 Å². The van der Waals surface area contributed by atoms with Crippen LogP contribution in [0.5, 0.6) is 11.8 Å². The number of rotatable bonds is 7. The van der Waals surface area contributed by atoms with E-state index >= 15 is 0 Å². The van der Waals surface area contributed by atoms with Gasteiger partial charge in [0.05, 0.1) is 23.9 Å². The molecule has 4 atom stereocenters. The molecular formula is C23H24F3N7O4. The van der Waals surface area contributed by atoms with Gasteiger partial charge in [0.15, 0.2) is 23.0 Å². The third-order valence-corrected chi connectivity index (χ3v) is 7.03. The average molecular weight is 519 g/mol. The van der Waals surface area contributed by atoms with E-state index in [0.29, 0.717) is 35.2 Å². The van der Waals surface area contributed by atoms with E-state index < -0.39 is 23.8 Å². The maximum atomic E-state index is 12.9. The van der Waals surface area contributed by atoms with E-state index in [1.54, 1.807) is 14.0 Å². The lowest BCUT2D eigenvalue weighted by Gasteiger charge is -2.17. The standard InChI is InChI=1S/C23H24F3N7O4/c1-11-17(37-13-7-12-3-4-14(21(34)35)15(12)8-13)9-28-20(29-11)19-16(33(2)32-31-19)10-36-22-27-6-5-18(30-22)23(24,25)26/h5-6,9,12-15H,3-4,7-8,10H2,1-2H3,(H,34,35). The molecule has 2 fully saturated rings. The van der Waals surface area contributed by atoms with Crippen molar-refractivity contribution in [3.8, 4) is 23.3 Å². The first kappa shape index (κ1) is 24.8. The van der Waals surface area contributed by atoms with Gasteiger partial charge in [0.1, 0.15) is 12.3 Å². The quantitative estimate of drug-likeness (QED) is 0.495. The van der Waals surface area contributed by atoms with E-state index in [1.165, 1.54) is 10.9 Å². The molecule has 0 saturated heterocycles. The Balaban J connectivity index is 1.28. The van der Waals surface area contributed by atoms with E-state index in [2.05, 4.69) is 30.2 Å². The maximum Gasteiger partial charge on any atom is 0.433 e. The van der Waals surface area contributed by atoms with Gasteiger partial charge in [-0.25, -0.2) is 19.6 Å². The first-order valence-electron chi connectivity index (χ1n) is 11.7. The highest BCUT2D eigenvalue weighted by Gasteiger charge is 2.47. The Morgan fingerprint density at radius 3 is 2.76 bits per heavy atom. The van der Waals surface area contributed by atoms with E-state index in [0.717, 1.165) is 31.5 Å². The second-order valence-electron chi connectivity index (χ2n) is 9.32. The van der Waals surface area contributed by atoms with Crippen molar-refractivity contribution in [3.63, 3.8) is 0 Å². The zero-order valence-electron chi connectivity index (χ0n) is 20.0. The monoisotopic (exact) mass is 519 g/mol. The Bertz CT molecular complexity index is 1320. The van der Waals surface area contributed by atoms with E-state index in [-0.39, 0.29) is 30.4 Å². The van der Waals surface area contributed by atoms with Crippen molar-refractivity contribution in [3.05, 3.63) is 35.5 Å². The number of carboxylic acid groups (broad SMARTS) is 1. The summed E-state index contributed by atoms with van der Waals surface area (Å²) < 4.78 is 51.7. The largest absolute Gasteiger partial charge is 0.487 e. The number of aryl methyl sites for hydroxylation is 2. The van der Waals surface area contributed by atoms with Crippen LogP contribution in [0.3, 0.4) is 0 Å². The van der Waals surface area contributed by atoms with E-state index in [1.807, 2.05) is 0 Å². The predicted molar refractivity (Wildman–Crippen MR) is 119 cm³/mol. The van der Waals surface area contributed by atoms with Gasteiger partial charge in [-0.3, -0.25) is 4.79 Å².